The Balaban J connectivity index is 2.01. The van der Waals surface area contributed by atoms with Gasteiger partial charge in [0.25, 0.3) is 0 Å². The van der Waals surface area contributed by atoms with Crippen molar-refractivity contribution in [1.29, 1.82) is 0 Å². The maximum absolute atomic E-state index is 13.5. The lowest BCUT2D eigenvalue weighted by Crippen LogP contribution is -2.30. The molecule has 5 nitrogen and oxygen atoms in total. The van der Waals surface area contributed by atoms with Crippen molar-refractivity contribution >= 4 is 27.3 Å². The van der Waals surface area contributed by atoms with Gasteiger partial charge in [0, 0.05) is 11.8 Å². The van der Waals surface area contributed by atoms with Crippen LogP contribution < -0.4 is 10.0 Å². The molecule has 0 aliphatic carbocycles. The van der Waals surface area contributed by atoms with Gasteiger partial charge in [-0.25, -0.2) is 17.2 Å². The molecule has 2 aromatic rings. The van der Waals surface area contributed by atoms with Crippen LogP contribution in [0.15, 0.2) is 48.5 Å². The molecule has 1 unspecified atom stereocenters. The van der Waals surface area contributed by atoms with Gasteiger partial charge in [-0.1, -0.05) is 25.1 Å². The summed E-state index contributed by atoms with van der Waals surface area (Å²) in [6.45, 7) is 1.44. The number of sulfonamides is 1. The van der Waals surface area contributed by atoms with Crippen molar-refractivity contribution in [2.75, 3.05) is 15.8 Å². The maximum Gasteiger partial charge on any atom is 0.233 e. The Hall–Kier alpha value is -2.48. The van der Waals surface area contributed by atoms with Crippen molar-refractivity contribution in [2.45, 2.75) is 6.92 Å². The van der Waals surface area contributed by atoms with E-state index in [0.717, 1.165) is 12.1 Å². The van der Waals surface area contributed by atoms with Gasteiger partial charge in [0.15, 0.2) is 0 Å². The number of anilines is 2. The Bertz CT molecular complexity index is 826. The Morgan fingerprint density at radius 2 is 1.79 bits per heavy atom. The number of hydrogen-bond acceptors (Lipinski definition) is 3. The van der Waals surface area contributed by atoms with E-state index in [1.807, 2.05) is 4.72 Å². The number of para-hydroxylation sites is 1. The van der Waals surface area contributed by atoms with Crippen molar-refractivity contribution in [2.24, 2.45) is 5.92 Å². The average Bonchev–Trinajstić information content (AvgIpc) is 2.50. The summed E-state index contributed by atoms with van der Waals surface area (Å²) >= 11 is 0. The summed E-state index contributed by atoms with van der Waals surface area (Å²) in [4.78, 5) is 12.0. The minimum Gasteiger partial charge on any atom is -0.326 e. The van der Waals surface area contributed by atoms with Crippen LogP contribution in [-0.4, -0.2) is 20.1 Å². The van der Waals surface area contributed by atoms with Crippen molar-refractivity contribution < 1.29 is 22.0 Å². The molecule has 0 fully saturated rings. The van der Waals surface area contributed by atoms with Crippen molar-refractivity contribution in [3.8, 4) is 0 Å². The quantitative estimate of drug-likeness (QED) is 0.837. The summed E-state index contributed by atoms with van der Waals surface area (Å²) in [6, 6.07) is 11.1. The highest BCUT2D eigenvalue weighted by Gasteiger charge is 2.22. The van der Waals surface area contributed by atoms with Crippen LogP contribution in [0, 0.1) is 17.6 Å². The summed E-state index contributed by atoms with van der Waals surface area (Å²) < 4.78 is 52.5. The van der Waals surface area contributed by atoms with Crippen LogP contribution in [0.2, 0.25) is 0 Å². The monoisotopic (exact) mass is 354 g/mol. The number of rotatable bonds is 6. The lowest BCUT2D eigenvalue weighted by molar-refractivity contribution is -0.118. The third-order valence-electron chi connectivity index (χ3n) is 3.15. The fraction of sp³-hybridized carbons (Fsp3) is 0.188. The normalized spacial score (nSPS) is 12.5. The molecule has 1 atom stereocenters. The standard InChI is InChI=1S/C16H16F2N2O3S/c1-11(16(21)19-13-5-3-2-4-6-13)10-24(22,23)20-15-8-7-12(17)9-14(15)18/h2-9,11,20H,10H2,1H3,(H,19,21). The number of carbonyl (C=O) groups is 1. The lowest BCUT2D eigenvalue weighted by atomic mass is 10.2. The lowest BCUT2D eigenvalue weighted by Gasteiger charge is -2.14. The minimum atomic E-state index is -3.98. The van der Waals surface area contributed by atoms with Gasteiger partial charge >= 0.3 is 0 Å². The number of nitrogens with one attached hydrogen (secondary N) is 2. The van der Waals surface area contributed by atoms with Crippen LogP contribution in [0.25, 0.3) is 0 Å². The first-order valence-corrected chi connectivity index (χ1v) is 8.73. The topological polar surface area (TPSA) is 75.3 Å². The van der Waals surface area contributed by atoms with E-state index in [9.17, 15) is 22.0 Å². The molecule has 128 valence electrons. The maximum atomic E-state index is 13.5. The molecule has 2 N–H and O–H groups in total. The second-order valence-corrected chi connectivity index (χ2v) is 7.03. The molecule has 0 bridgehead atoms. The summed E-state index contributed by atoms with van der Waals surface area (Å²) in [6.07, 6.45) is 0. The van der Waals surface area contributed by atoms with Crippen LogP contribution in [0.4, 0.5) is 20.2 Å². The predicted molar refractivity (Wildman–Crippen MR) is 88.0 cm³/mol. The molecular formula is C16H16F2N2O3S. The molecule has 0 saturated heterocycles. The highest BCUT2D eigenvalue weighted by molar-refractivity contribution is 7.92. The molecule has 2 rings (SSSR count). The van der Waals surface area contributed by atoms with E-state index in [1.165, 1.54) is 6.92 Å². The SMILES string of the molecule is CC(CS(=O)(=O)Nc1ccc(F)cc1F)C(=O)Nc1ccccc1. The van der Waals surface area contributed by atoms with Crippen LogP contribution in [-0.2, 0) is 14.8 Å². The smallest absolute Gasteiger partial charge is 0.233 e. The molecule has 0 spiro atoms. The fourth-order valence-electron chi connectivity index (χ4n) is 1.97. The summed E-state index contributed by atoms with van der Waals surface area (Å²) in [5.74, 6) is -3.73. The van der Waals surface area contributed by atoms with Gasteiger partial charge in [-0.2, -0.15) is 0 Å². The molecule has 0 aliphatic rings. The second kappa shape index (κ2) is 7.39. The number of carbonyl (C=O) groups excluding carboxylic acids is 1. The Morgan fingerprint density at radius 1 is 1.12 bits per heavy atom. The number of halogens is 2. The predicted octanol–water partition coefficient (Wildman–Crippen LogP) is 2.98. The Morgan fingerprint density at radius 3 is 2.42 bits per heavy atom. The van der Waals surface area contributed by atoms with E-state index in [4.69, 9.17) is 0 Å². The zero-order valence-electron chi connectivity index (χ0n) is 12.8. The molecule has 1 amide bonds. The van der Waals surface area contributed by atoms with E-state index < -0.39 is 39.2 Å². The van der Waals surface area contributed by atoms with Gasteiger partial charge in [-0.15, -0.1) is 0 Å². The highest BCUT2D eigenvalue weighted by Crippen LogP contribution is 2.18. The van der Waals surface area contributed by atoms with E-state index in [2.05, 4.69) is 5.32 Å². The van der Waals surface area contributed by atoms with Gasteiger partial charge in [-0.3, -0.25) is 9.52 Å². The summed E-state index contributed by atoms with van der Waals surface area (Å²) in [5, 5.41) is 2.59. The van der Waals surface area contributed by atoms with E-state index in [-0.39, 0.29) is 5.69 Å². The van der Waals surface area contributed by atoms with E-state index >= 15 is 0 Å². The Labute approximate surface area is 138 Å². The highest BCUT2D eigenvalue weighted by atomic mass is 32.2. The number of hydrogen-bond donors (Lipinski definition) is 2. The van der Waals surface area contributed by atoms with Gasteiger partial charge in [-0.05, 0) is 24.3 Å². The van der Waals surface area contributed by atoms with Crippen LogP contribution in [0.1, 0.15) is 6.92 Å². The molecule has 8 heteroatoms. The molecule has 0 aromatic heterocycles. The first kappa shape index (κ1) is 17.9. The fourth-order valence-corrected chi connectivity index (χ4v) is 3.37. The van der Waals surface area contributed by atoms with E-state index in [0.29, 0.717) is 11.8 Å². The summed E-state index contributed by atoms with van der Waals surface area (Å²) in [7, 11) is -3.98. The third kappa shape index (κ3) is 5.02. The van der Waals surface area contributed by atoms with Crippen molar-refractivity contribution in [3.05, 3.63) is 60.2 Å². The van der Waals surface area contributed by atoms with Gasteiger partial charge in [0.1, 0.15) is 11.6 Å². The molecule has 0 heterocycles. The zero-order valence-corrected chi connectivity index (χ0v) is 13.6. The molecule has 0 radical (unpaired) electrons. The first-order chi connectivity index (χ1) is 11.3. The minimum absolute atomic E-state index is 0.368. The largest absolute Gasteiger partial charge is 0.326 e. The number of amides is 1. The molecule has 2 aromatic carbocycles. The number of benzene rings is 2. The zero-order chi connectivity index (χ0) is 17.7. The van der Waals surface area contributed by atoms with E-state index in [1.54, 1.807) is 30.3 Å². The second-order valence-electron chi connectivity index (χ2n) is 5.26. The molecule has 24 heavy (non-hydrogen) atoms. The average molecular weight is 354 g/mol. The molecule has 0 aliphatic heterocycles. The van der Waals surface area contributed by atoms with Crippen molar-refractivity contribution in [1.82, 2.24) is 0 Å². The molecule has 0 saturated carbocycles. The van der Waals surface area contributed by atoms with Gasteiger partial charge in [0.05, 0.1) is 17.4 Å². The van der Waals surface area contributed by atoms with Gasteiger partial charge in [0.2, 0.25) is 15.9 Å². The first-order valence-electron chi connectivity index (χ1n) is 7.08. The van der Waals surface area contributed by atoms with Crippen molar-refractivity contribution in [3.63, 3.8) is 0 Å². The molecular weight excluding hydrogens is 338 g/mol. The van der Waals surface area contributed by atoms with Crippen LogP contribution in [0.3, 0.4) is 0 Å². The van der Waals surface area contributed by atoms with Gasteiger partial charge < -0.3 is 5.32 Å². The Kier molecular flexibility index (Phi) is 5.50. The summed E-state index contributed by atoms with van der Waals surface area (Å²) in [5.41, 5.74) is 0.177. The van der Waals surface area contributed by atoms with Crippen LogP contribution >= 0.6 is 0 Å². The van der Waals surface area contributed by atoms with Crippen LogP contribution in [0.5, 0.6) is 0 Å². The third-order valence-corrected chi connectivity index (χ3v) is 4.62.